The number of carboxylic acid groups (broad SMARTS) is 1. The van der Waals surface area contributed by atoms with Crippen molar-refractivity contribution in [1.29, 1.82) is 0 Å². The minimum Gasteiger partial charge on any atom is -0.477 e. The summed E-state index contributed by atoms with van der Waals surface area (Å²) in [6.07, 6.45) is 1.19. The molecule has 0 radical (unpaired) electrons. The Labute approximate surface area is 158 Å². The quantitative estimate of drug-likeness (QED) is 0.484. The van der Waals surface area contributed by atoms with E-state index in [4.69, 9.17) is 0 Å². The van der Waals surface area contributed by atoms with Crippen LogP contribution in [0, 0.1) is 0 Å². The number of likely N-dealkylation sites (tertiary alicyclic amines) is 1. The van der Waals surface area contributed by atoms with Gasteiger partial charge in [0.25, 0.3) is 5.78 Å². The van der Waals surface area contributed by atoms with Crippen molar-refractivity contribution in [2.24, 2.45) is 0 Å². The maximum Gasteiger partial charge on any atom is 0.387 e. The Bertz CT molecular complexity index is 834. The average Bonchev–Trinajstić information content (AvgIpc) is 3.09. The van der Waals surface area contributed by atoms with Crippen LogP contribution < -0.4 is 0 Å². The number of ketones is 1. The summed E-state index contributed by atoms with van der Waals surface area (Å²) in [4.78, 5) is 38.4. The molecule has 27 heavy (non-hydrogen) atoms. The molecule has 2 aromatic rings. The predicted octanol–water partition coefficient (Wildman–Crippen LogP) is 3.26. The van der Waals surface area contributed by atoms with Gasteiger partial charge in [-0.1, -0.05) is 67.6 Å². The number of Topliss-reactive ketones (excluding diaryl/α,β-unsaturated/α-hetero) is 1. The summed E-state index contributed by atoms with van der Waals surface area (Å²) in [6, 6.07) is 16.9. The zero-order valence-electron chi connectivity index (χ0n) is 15.4. The summed E-state index contributed by atoms with van der Waals surface area (Å²) >= 11 is 0. The highest BCUT2D eigenvalue weighted by Crippen LogP contribution is 2.40. The zero-order valence-corrected chi connectivity index (χ0v) is 15.4. The predicted molar refractivity (Wildman–Crippen MR) is 101 cm³/mol. The number of hydrogen-bond acceptors (Lipinski definition) is 3. The number of aliphatic carboxylic acids is 1. The summed E-state index contributed by atoms with van der Waals surface area (Å²) < 4.78 is -0.306. The molecule has 3 rings (SSSR count). The molecule has 0 saturated carbocycles. The molecule has 1 N–H and O–H groups in total. The lowest BCUT2D eigenvalue weighted by atomic mass is 9.91. The molecule has 1 aliphatic heterocycles. The number of amides is 1. The van der Waals surface area contributed by atoms with Gasteiger partial charge in [-0.2, -0.15) is 0 Å². The first-order valence-corrected chi connectivity index (χ1v) is 9.30. The summed E-state index contributed by atoms with van der Waals surface area (Å²) in [7, 11) is 0. The molecule has 0 aliphatic carbocycles. The number of carboxylic acids is 1. The summed E-state index contributed by atoms with van der Waals surface area (Å²) in [5, 5.41) is 10.0. The van der Waals surface area contributed by atoms with E-state index in [1.807, 2.05) is 37.3 Å². The fourth-order valence-electron chi connectivity index (χ4n) is 4.34. The molecule has 1 aliphatic rings. The average molecular weight is 366 g/mol. The standard InChI is InChI=1S/C22H23NO4/c1-2-14-23(21(25)20(24)17-11-7-4-8-12-17)15-13-18(19(23)22(26)27)16-9-5-3-6-10-16/h3-12,18-19H,2,13-15H2,1H3/p+1/t18?,19-,23?/m0/s1. The minimum absolute atomic E-state index is 0.289. The molecule has 5 nitrogen and oxygen atoms in total. The lowest BCUT2D eigenvalue weighted by Crippen LogP contribution is -2.62. The third-order valence-corrected chi connectivity index (χ3v) is 5.49. The molecule has 140 valence electrons. The molecule has 0 bridgehead atoms. The second-order valence-electron chi connectivity index (χ2n) is 7.07. The number of hydrogen-bond donors (Lipinski definition) is 1. The van der Waals surface area contributed by atoms with Crippen molar-refractivity contribution in [3.63, 3.8) is 0 Å². The van der Waals surface area contributed by atoms with Crippen LogP contribution >= 0.6 is 0 Å². The number of benzene rings is 2. The van der Waals surface area contributed by atoms with Crippen LogP contribution in [0.4, 0.5) is 0 Å². The van der Waals surface area contributed by atoms with Crippen molar-refractivity contribution in [2.75, 3.05) is 13.1 Å². The lowest BCUT2D eigenvalue weighted by molar-refractivity contribution is -0.855. The topological polar surface area (TPSA) is 71.4 Å². The molecular weight excluding hydrogens is 342 g/mol. The molecule has 0 aromatic heterocycles. The second-order valence-corrected chi connectivity index (χ2v) is 7.07. The summed E-state index contributed by atoms with van der Waals surface area (Å²) in [6.45, 7) is 2.62. The Kier molecular flexibility index (Phi) is 5.51. The minimum atomic E-state index is -1.02. The van der Waals surface area contributed by atoms with Crippen LogP contribution in [-0.2, 0) is 9.59 Å². The molecule has 1 amide bonds. The van der Waals surface area contributed by atoms with Gasteiger partial charge in [-0.25, -0.2) is 14.1 Å². The number of rotatable bonds is 6. The van der Waals surface area contributed by atoms with Crippen molar-refractivity contribution in [1.82, 2.24) is 0 Å². The molecule has 2 unspecified atom stereocenters. The van der Waals surface area contributed by atoms with Crippen LogP contribution in [0.2, 0.25) is 0 Å². The Morgan fingerprint density at radius 1 is 1.00 bits per heavy atom. The molecule has 1 heterocycles. The van der Waals surface area contributed by atoms with Crippen LogP contribution in [0.3, 0.4) is 0 Å². The molecular formula is C22H24NO4+. The Morgan fingerprint density at radius 3 is 2.15 bits per heavy atom. The van der Waals surface area contributed by atoms with Crippen molar-refractivity contribution in [3.05, 3.63) is 71.8 Å². The van der Waals surface area contributed by atoms with Gasteiger partial charge in [-0.3, -0.25) is 4.79 Å². The van der Waals surface area contributed by atoms with Gasteiger partial charge in [0.1, 0.15) is 0 Å². The highest BCUT2D eigenvalue weighted by atomic mass is 16.4. The normalized spacial score (nSPS) is 24.5. The SMILES string of the molecule is CCC[N+]1(C(=O)C(=O)c2ccccc2)CCC(c2ccccc2)[C@H]1C(=O)O. The van der Waals surface area contributed by atoms with Crippen LogP contribution in [0.5, 0.6) is 0 Å². The van der Waals surface area contributed by atoms with Gasteiger partial charge in [0.15, 0.2) is 0 Å². The Morgan fingerprint density at radius 2 is 1.59 bits per heavy atom. The first kappa shape index (κ1) is 19.0. The molecule has 0 spiro atoms. The van der Waals surface area contributed by atoms with Gasteiger partial charge in [-0.15, -0.1) is 0 Å². The van der Waals surface area contributed by atoms with Crippen molar-refractivity contribution in [3.8, 4) is 0 Å². The van der Waals surface area contributed by atoms with Crippen molar-refractivity contribution < 1.29 is 24.0 Å². The van der Waals surface area contributed by atoms with Crippen LogP contribution in [-0.4, -0.2) is 46.4 Å². The van der Waals surface area contributed by atoms with Crippen LogP contribution in [0.25, 0.3) is 0 Å². The van der Waals surface area contributed by atoms with E-state index in [-0.39, 0.29) is 10.4 Å². The Balaban J connectivity index is 2.03. The fourth-order valence-corrected chi connectivity index (χ4v) is 4.34. The first-order valence-electron chi connectivity index (χ1n) is 9.30. The highest BCUT2D eigenvalue weighted by Gasteiger charge is 2.58. The van der Waals surface area contributed by atoms with E-state index in [1.165, 1.54) is 0 Å². The van der Waals surface area contributed by atoms with E-state index >= 15 is 0 Å². The van der Waals surface area contributed by atoms with Crippen LogP contribution in [0.1, 0.15) is 41.6 Å². The second kappa shape index (κ2) is 7.84. The summed E-state index contributed by atoms with van der Waals surface area (Å²) in [5.41, 5.74) is 1.21. The third-order valence-electron chi connectivity index (χ3n) is 5.49. The number of nitrogens with zero attached hydrogens (tertiary/aromatic N) is 1. The van der Waals surface area contributed by atoms with Gasteiger partial charge in [0.2, 0.25) is 6.04 Å². The van der Waals surface area contributed by atoms with Gasteiger partial charge in [0, 0.05) is 12.0 Å². The van der Waals surface area contributed by atoms with E-state index in [0.717, 1.165) is 5.56 Å². The monoisotopic (exact) mass is 366 g/mol. The van der Waals surface area contributed by atoms with Gasteiger partial charge in [-0.05, 0) is 12.0 Å². The van der Waals surface area contributed by atoms with E-state index in [9.17, 15) is 19.5 Å². The lowest BCUT2D eigenvalue weighted by Gasteiger charge is -2.35. The van der Waals surface area contributed by atoms with Crippen LogP contribution in [0.15, 0.2) is 60.7 Å². The van der Waals surface area contributed by atoms with E-state index in [2.05, 4.69) is 0 Å². The number of quaternary nitrogens is 1. The van der Waals surface area contributed by atoms with Gasteiger partial charge in [0.05, 0.1) is 19.0 Å². The first-order chi connectivity index (χ1) is 13.0. The molecule has 1 fully saturated rings. The van der Waals surface area contributed by atoms with E-state index in [0.29, 0.717) is 31.5 Å². The van der Waals surface area contributed by atoms with Gasteiger partial charge >= 0.3 is 11.9 Å². The fraction of sp³-hybridized carbons (Fsp3) is 0.318. The Hall–Kier alpha value is -2.79. The van der Waals surface area contributed by atoms with Crippen molar-refractivity contribution in [2.45, 2.75) is 31.7 Å². The molecule has 3 atom stereocenters. The third kappa shape index (κ3) is 3.43. The van der Waals surface area contributed by atoms with E-state index < -0.39 is 23.7 Å². The number of carbonyl (C=O) groups excluding carboxylic acids is 2. The maximum absolute atomic E-state index is 13.3. The molecule has 1 saturated heterocycles. The summed E-state index contributed by atoms with van der Waals surface area (Å²) in [5.74, 6) is -2.54. The van der Waals surface area contributed by atoms with Gasteiger partial charge < -0.3 is 5.11 Å². The smallest absolute Gasteiger partial charge is 0.387 e. The largest absolute Gasteiger partial charge is 0.477 e. The maximum atomic E-state index is 13.3. The van der Waals surface area contributed by atoms with E-state index in [1.54, 1.807) is 30.3 Å². The number of carbonyl (C=O) groups is 3. The highest BCUT2D eigenvalue weighted by molar-refractivity contribution is 6.40. The van der Waals surface area contributed by atoms with Crippen molar-refractivity contribution >= 4 is 17.7 Å². The molecule has 2 aromatic carbocycles. The zero-order chi connectivity index (χ0) is 19.4. The molecule has 5 heteroatoms.